The highest BCUT2D eigenvalue weighted by atomic mass is 35.5. The fraction of sp³-hybridized carbons (Fsp3) is 0.500. The molecular formula is C12H14Cl3NO2S. The van der Waals surface area contributed by atoms with Gasteiger partial charge in [0.25, 0.3) is 0 Å². The van der Waals surface area contributed by atoms with Crippen LogP contribution in [0.25, 0.3) is 0 Å². The number of hydrogen-bond donors (Lipinski definition) is 0. The third kappa shape index (κ3) is 2.88. The Bertz CT molecular complexity index is 585. The summed E-state index contributed by atoms with van der Waals surface area (Å²) >= 11 is 17.9. The molecule has 1 aliphatic carbocycles. The molecule has 3 nitrogen and oxygen atoms in total. The molecule has 0 aromatic heterocycles. The van der Waals surface area contributed by atoms with Crippen LogP contribution in [0.3, 0.4) is 0 Å². The second-order valence-electron chi connectivity index (χ2n) is 4.41. The maximum absolute atomic E-state index is 12.6. The second-order valence-corrected chi connectivity index (χ2v) is 7.32. The molecule has 19 heavy (non-hydrogen) atoms. The van der Waals surface area contributed by atoms with Crippen molar-refractivity contribution in [1.29, 1.82) is 0 Å². The van der Waals surface area contributed by atoms with Gasteiger partial charge in [0.15, 0.2) is 0 Å². The summed E-state index contributed by atoms with van der Waals surface area (Å²) in [6.07, 6.45) is 1.81. The molecular weight excluding hydrogens is 329 g/mol. The van der Waals surface area contributed by atoms with Crippen LogP contribution in [0, 0.1) is 0 Å². The van der Waals surface area contributed by atoms with Crippen molar-refractivity contribution in [1.82, 2.24) is 4.31 Å². The minimum Gasteiger partial charge on any atom is -0.207 e. The highest BCUT2D eigenvalue weighted by molar-refractivity contribution is 7.89. The van der Waals surface area contributed by atoms with Gasteiger partial charge in [0.2, 0.25) is 10.0 Å². The van der Waals surface area contributed by atoms with Gasteiger partial charge in [0.1, 0.15) is 4.90 Å². The molecule has 1 fully saturated rings. The van der Waals surface area contributed by atoms with Crippen molar-refractivity contribution < 1.29 is 8.42 Å². The van der Waals surface area contributed by atoms with Crippen LogP contribution >= 0.6 is 34.8 Å². The average molecular weight is 343 g/mol. The number of halogens is 3. The fourth-order valence-electron chi connectivity index (χ4n) is 2.01. The zero-order valence-electron chi connectivity index (χ0n) is 10.4. The minimum absolute atomic E-state index is 0.0799. The SMILES string of the molecule is CCN(C1CC1)S(=O)(=O)c1ccc(Cl)c(CCl)c1Cl. The molecule has 0 saturated heterocycles. The Kier molecular flexibility index (Phi) is 4.68. The molecule has 0 heterocycles. The molecule has 0 aliphatic heterocycles. The van der Waals surface area contributed by atoms with Gasteiger partial charge in [-0.25, -0.2) is 8.42 Å². The van der Waals surface area contributed by atoms with Crippen molar-refractivity contribution in [3.05, 3.63) is 27.7 Å². The van der Waals surface area contributed by atoms with E-state index in [2.05, 4.69) is 0 Å². The topological polar surface area (TPSA) is 37.4 Å². The van der Waals surface area contributed by atoms with Crippen molar-refractivity contribution in [3.63, 3.8) is 0 Å². The van der Waals surface area contributed by atoms with Gasteiger partial charge in [-0.05, 0) is 25.0 Å². The Morgan fingerprint density at radius 2 is 1.95 bits per heavy atom. The van der Waals surface area contributed by atoms with Gasteiger partial charge >= 0.3 is 0 Å². The molecule has 0 unspecified atom stereocenters. The molecule has 0 amide bonds. The first-order chi connectivity index (χ1) is 8.93. The van der Waals surface area contributed by atoms with Crippen molar-refractivity contribution in [2.24, 2.45) is 0 Å². The molecule has 0 atom stereocenters. The first-order valence-electron chi connectivity index (χ1n) is 5.98. The molecule has 0 bridgehead atoms. The van der Waals surface area contributed by atoms with Crippen LogP contribution in [-0.2, 0) is 15.9 Å². The summed E-state index contributed by atoms with van der Waals surface area (Å²) in [6, 6.07) is 3.07. The third-order valence-corrected chi connectivity index (χ3v) is 6.37. The average Bonchev–Trinajstić information content (AvgIpc) is 3.14. The summed E-state index contributed by atoms with van der Waals surface area (Å²) in [4.78, 5) is 0.0861. The highest BCUT2D eigenvalue weighted by Crippen LogP contribution is 2.37. The number of benzene rings is 1. The van der Waals surface area contributed by atoms with Gasteiger partial charge in [-0.2, -0.15) is 4.31 Å². The summed E-state index contributed by atoms with van der Waals surface area (Å²) in [6.45, 7) is 2.25. The van der Waals surface area contributed by atoms with E-state index in [0.29, 0.717) is 17.1 Å². The Balaban J connectivity index is 2.51. The maximum Gasteiger partial charge on any atom is 0.244 e. The van der Waals surface area contributed by atoms with Gasteiger partial charge in [-0.1, -0.05) is 30.1 Å². The van der Waals surface area contributed by atoms with Crippen molar-refractivity contribution in [3.8, 4) is 0 Å². The summed E-state index contributed by atoms with van der Waals surface area (Å²) in [5, 5.41) is 0.509. The zero-order valence-corrected chi connectivity index (χ0v) is 13.5. The van der Waals surface area contributed by atoms with E-state index in [-0.39, 0.29) is 21.8 Å². The Hall–Kier alpha value is -0.000000000000000167. The third-order valence-electron chi connectivity index (χ3n) is 3.14. The molecule has 0 N–H and O–H groups in total. The van der Waals surface area contributed by atoms with Gasteiger partial charge in [-0.3, -0.25) is 0 Å². The molecule has 1 aromatic rings. The smallest absolute Gasteiger partial charge is 0.207 e. The molecule has 1 aromatic carbocycles. The van der Waals surface area contributed by atoms with E-state index in [1.807, 2.05) is 6.92 Å². The quantitative estimate of drug-likeness (QED) is 0.761. The lowest BCUT2D eigenvalue weighted by Crippen LogP contribution is -2.33. The van der Waals surface area contributed by atoms with E-state index in [4.69, 9.17) is 34.8 Å². The maximum atomic E-state index is 12.6. The standard InChI is InChI=1S/C12H14Cl3NO2S/c1-2-16(8-3-4-8)19(17,18)11-6-5-10(14)9(7-13)12(11)15/h5-6,8H,2-4,7H2,1H3. The Morgan fingerprint density at radius 1 is 1.32 bits per heavy atom. The van der Waals surface area contributed by atoms with E-state index < -0.39 is 10.0 Å². The Morgan fingerprint density at radius 3 is 2.42 bits per heavy atom. The molecule has 106 valence electrons. The summed E-state index contributed by atoms with van der Waals surface area (Å²) in [7, 11) is -3.58. The van der Waals surface area contributed by atoms with Gasteiger partial charge in [0, 0.05) is 23.2 Å². The molecule has 0 spiro atoms. The first-order valence-corrected chi connectivity index (χ1v) is 8.71. The molecule has 1 aliphatic rings. The predicted octanol–water partition coefficient (Wildman–Crippen LogP) is 3.91. The Labute approximate surface area is 128 Å². The highest BCUT2D eigenvalue weighted by Gasteiger charge is 2.38. The van der Waals surface area contributed by atoms with Crippen molar-refractivity contribution in [2.75, 3.05) is 6.54 Å². The first kappa shape index (κ1) is 15.4. The number of alkyl halides is 1. The number of sulfonamides is 1. The zero-order chi connectivity index (χ0) is 14.2. The van der Waals surface area contributed by atoms with Gasteiger partial charge < -0.3 is 0 Å². The molecule has 0 radical (unpaired) electrons. The van der Waals surface area contributed by atoms with Crippen LogP contribution in [0.5, 0.6) is 0 Å². The fourth-order valence-corrected chi connectivity index (χ4v) is 5.01. The van der Waals surface area contributed by atoms with Crippen molar-refractivity contribution in [2.45, 2.75) is 36.6 Å². The molecule has 1 saturated carbocycles. The van der Waals surface area contributed by atoms with Crippen molar-refractivity contribution >= 4 is 44.8 Å². The molecule has 2 rings (SSSR count). The van der Waals surface area contributed by atoms with Crippen LogP contribution in [0.15, 0.2) is 17.0 Å². The number of nitrogens with zero attached hydrogens (tertiary/aromatic N) is 1. The van der Waals surface area contributed by atoms with E-state index in [1.54, 1.807) is 0 Å². The lowest BCUT2D eigenvalue weighted by atomic mass is 10.2. The normalized spacial score (nSPS) is 16.1. The minimum atomic E-state index is -3.58. The van der Waals surface area contributed by atoms with Crippen LogP contribution in [-0.4, -0.2) is 25.3 Å². The van der Waals surface area contributed by atoms with E-state index in [1.165, 1.54) is 16.4 Å². The number of hydrogen-bond acceptors (Lipinski definition) is 2. The van der Waals surface area contributed by atoms with E-state index in [9.17, 15) is 8.42 Å². The van der Waals surface area contributed by atoms with Crippen LogP contribution in [0.2, 0.25) is 10.0 Å². The van der Waals surface area contributed by atoms with Gasteiger partial charge in [-0.15, -0.1) is 11.6 Å². The lowest BCUT2D eigenvalue weighted by molar-refractivity contribution is 0.421. The van der Waals surface area contributed by atoms with Crippen LogP contribution in [0.4, 0.5) is 0 Å². The van der Waals surface area contributed by atoms with Gasteiger partial charge in [0.05, 0.1) is 10.9 Å². The summed E-state index contributed by atoms with van der Waals surface area (Å²) in [5.41, 5.74) is 0.456. The monoisotopic (exact) mass is 341 g/mol. The van der Waals surface area contributed by atoms with E-state index >= 15 is 0 Å². The summed E-state index contributed by atoms with van der Waals surface area (Å²) < 4.78 is 26.7. The van der Waals surface area contributed by atoms with Crippen LogP contribution < -0.4 is 0 Å². The number of rotatable bonds is 5. The van der Waals surface area contributed by atoms with Crippen LogP contribution in [0.1, 0.15) is 25.3 Å². The second kappa shape index (κ2) is 5.78. The van der Waals surface area contributed by atoms with E-state index in [0.717, 1.165) is 12.8 Å². The lowest BCUT2D eigenvalue weighted by Gasteiger charge is -2.21. The summed E-state index contributed by atoms with van der Waals surface area (Å²) in [5.74, 6) is 0.0799. The largest absolute Gasteiger partial charge is 0.244 e. The predicted molar refractivity (Wildman–Crippen MR) is 78.6 cm³/mol. The molecule has 7 heteroatoms.